The van der Waals surface area contributed by atoms with Crippen LogP contribution in [0.15, 0.2) is 48.5 Å². The first-order chi connectivity index (χ1) is 12.3. The highest BCUT2D eigenvalue weighted by Crippen LogP contribution is 2.27. The Kier molecular flexibility index (Phi) is 6.66. The molecule has 1 heterocycles. The molecule has 0 N–H and O–H groups in total. The van der Waals surface area contributed by atoms with Gasteiger partial charge in [0.05, 0.1) is 19.3 Å². The van der Waals surface area contributed by atoms with Crippen molar-refractivity contribution in [2.45, 2.75) is 58.2 Å². The van der Waals surface area contributed by atoms with Crippen LogP contribution >= 0.6 is 0 Å². The standard InChI is InChI=1S/C23H30O2/c1-3-5-6-7-22-16-25-23(17-24-22)21-14-12-20(13-15-21)19-10-8-18(4-2)9-11-19/h8-15,22-23H,3-7,16-17H2,1-2H3. The van der Waals surface area contributed by atoms with Gasteiger partial charge in [0.2, 0.25) is 0 Å². The molecule has 1 aliphatic heterocycles. The summed E-state index contributed by atoms with van der Waals surface area (Å²) in [5.41, 5.74) is 5.10. The average Bonchev–Trinajstić information content (AvgIpc) is 2.69. The van der Waals surface area contributed by atoms with Gasteiger partial charge in [-0.25, -0.2) is 0 Å². The first kappa shape index (κ1) is 18.2. The molecule has 1 saturated heterocycles. The Bertz CT molecular complexity index is 622. The predicted octanol–water partition coefficient (Wildman–Crippen LogP) is 5.95. The molecular formula is C23H30O2. The maximum atomic E-state index is 6.06. The fraction of sp³-hybridized carbons (Fsp3) is 0.478. The highest BCUT2D eigenvalue weighted by Gasteiger charge is 2.23. The molecular weight excluding hydrogens is 308 g/mol. The van der Waals surface area contributed by atoms with E-state index in [2.05, 4.69) is 62.4 Å². The third-order valence-electron chi connectivity index (χ3n) is 5.07. The van der Waals surface area contributed by atoms with Gasteiger partial charge in [-0.15, -0.1) is 0 Å². The van der Waals surface area contributed by atoms with Gasteiger partial charge in [0.1, 0.15) is 6.10 Å². The van der Waals surface area contributed by atoms with Gasteiger partial charge in [-0.2, -0.15) is 0 Å². The summed E-state index contributed by atoms with van der Waals surface area (Å²) in [7, 11) is 0. The van der Waals surface area contributed by atoms with Crippen molar-refractivity contribution in [3.8, 4) is 11.1 Å². The zero-order valence-electron chi connectivity index (χ0n) is 15.5. The van der Waals surface area contributed by atoms with Gasteiger partial charge in [-0.3, -0.25) is 0 Å². The number of hydrogen-bond donors (Lipinski definition) is 0. The Morgan fingerprint density at radius 1 is 0.800 bits per heavy atom. The van der Waals surface area contributed by atoms with Gasteiger partial charge < -0.3 is 9.47 Å². The molecule has 0 spiro atoms. The number of ether oxygens (including phenoxy) is 2. The largest absolute Gasteiger partial charge is 0.373 e. The minimum Gasteiger partial charge on any atom is -0.373 e. The van der Waals surface area contributed by atoms with E-state index in [1.807, 2.05) is 0 Å². The maximum absolute atomic E-state index is 6.06. The summed E-state index contributed by atoms with van der Waals surface area (Å²) in [5, 5.41) is 0. The van der Waals surface area contributed by atoms with Crippen LogP contribution in [0.5, 0.6) is 0 Å². The Balaban J connectivity index is 1.56. The zero-order chi connectivity index (χ0) is 17.5. The van der Waals surface area contributed by atoms with E-state index in [1.165, 1.54) is 41.5 Å². The number of unbranched alkanes of at least 4 members (excludes halogenated alkanes) is 2. The van der Waals surface area contributed by atoms with Crippen molar-refractivity contribution < 1.29 is 9.47 Å². The summed E-state index contributed by atoms with van der Waals surface area (Å²) in [6, 6.07) is 17.5. The van der Waals surface area contributed by atoms with Crippen molar-refractivity contribution in [1.82, 2.24) is 0 Å². The van der Waals surface area contributed by atoms with E-state index in [4.69, 9.17) is 9.47 Å². The minimum atomic E-state index is 0.0685. The molecule has 3 rings (SSSR count). The number of rotatable bonds is 7. The lowest BCUT2D eigenvalue weighted by atomic mass is 10.00. The van der Waals surface area contributed by atoms with Crippen LogP contribution in [0, 0.1) is 0 Å². The second-order valence-corrected chi connectivity index (χ2v) is 6.95. The Morgan fingerprint density at radius 3 is 2.04 bits per heavy atom. The Morgan fingerprint density at radius 2 is 1.48 bits per heavy atom. The number of aryl methyl sites for hydroxylation is 1. The van der Waals surface area contributed by atoms with E-state index in [0.717, 1.165) is 12.8 Å². The quantitative estimate of drug-likeness (QED) is 0.581. The predicted molar refractivity (Wildman–Crippen MR) is 104 cm³/mol. The topological polar surface area (TPSA) is 18.5 Å². The molecule has 2 aromatic rings. The van der Waals surface area contributed by atoms with Crippen LogP contribution in [0.3, 0.4) is 0 Å². The normalized spacial score (nSPS) is 20.6. The van der Waals surface area contributed by atoms with Gasteiger partial charge >= 0.3 is 0 Å². The third kappa shape index (κ3) is 4.93. The second kappa shape index (κ2) is 9.17. The molecule has 0 amide bonds. The first-order valence-corrected chi connectivity index (χ1v) is 9.72. The van der Waals surface area contributed by atoms with Gasteiger partial charge in [-0.1, -0.05) is 81.6 Å². The second-order valence-electron chi connectivity index (χ2n) is 6.95. The van der Waals surface area contributed by atoms with Gasteiger partial charge in [0, 0.05) is 0 Å². The van der Waals surface area contributed by atoms with Crippen LogP contribution in [0.1, 0.15) is 56.8 Å². The summed E-state index contributed by atoms with van der Waals surface area (Å²) in [6.45, 7) is 5.80. The van der Waals surface area contributed by atoms with Crippen LogP contribution < -0.4 is 0 Å². The van der Waals surface area contributed by atoms with Crippen LogP contribution in [0.25, 0.3) is 11.1 Å². The van der Waals surface area contributed by atoms with Crippen molar-refractivity contribution in [1.29, 1.82) is 0 Å². The molecule has 0 radical (unpaired) electrons. The highest BCUT2D eigenvalue weighted by atomic mass is 16.6. The van der Waals surface area contributed by atoms with Crippen molar-refractivity contribution in [3.63, 3.8) is 0 Å². The van der Waals surface area contributed by atoms with Crippen LogP contribution in [0.2, 0.25) is 0 Å². The number of benzene rings is 2. The molecule has 1 aliphatic rings. The Labute approximate surface area is 152 Å². The fourth-order valence-corrected chi connectivity index (χ4v) is 3.35. The monoisotopic (exact) mass is 338 g/mol. The molecule has 0 saturated carbocycles. The molecule has 2 unspecified atom stereocenters. The van der Waals surface area contributed by atoms with Crippen LogP contribution in [-0.4, -0.2) is 19.3 Å². The lowest BCUT2D eigenvalue weighted by Gasteiger charge is -2.30. The van der Waals surface area contributed by atoms with E-state index in [9.17, 15) is 0 Å². The van der Waals surface area contributed by atoms with E-state index in [-0.39, 0.29) is 12.2 Å². The molecule has 25 heavy (non-hydrogen) atoms. The maximum Gasteiger partial charge on any atom is 0.106 e. The van der Waals surface area contributed by atoms with Crippen LogP contribution in [-0.2, 0) is 15.9 Å². The number of hydrogen-bond acceptors (Lipinski definition) is 2. The average molecular weight is 338 g/mol. The highest BCUT2D eigenvalue weighted by molar-refractivity contribution is 5.64. The molecule has 2 atom stereocenters. The third-order valence-corrected chi connectivity index (χ3v) is 5.07. The van der Waals surface area contributed by atoms with E-state index in [0.29, 0.717) is 13.2 Å². The van der Waals surface area contributed by atoms with Crippen molar-refractivity contribution in [3.05, 3.63) is 59.7 Å². The molecule has 2 heteroatoms. The van der Waals surface area contributed by atoms with Crippen molar-refractivity contribution in [2.24, 2.45) is 0 Å². The van der Waals surface area contributed by atoms with Gasteiger partial charge in [0.15, 0.2) is 0 Å². The SMILES string of the molecule is CCCCCC1COC(c2ccc(-c3ccc(CC)cc3)cc2)CO1. The lowest BCUT2D eigenvalue weighted by molar-refractivity contribution is -0.137. The molecule has 134 valence electrons. The molecule has 0 aromatic heterocycles. The van der Waals surface area contributed by atoms with Crippen molar-refractivity contribution in [2.75, 3.05) is 13.2 Å². The van der Waals surface area contributed by atoms with E-state index >= 15 is 0 Å². The molecule has 2 nitrogen and oxygen atoms in total. The first-order valence-electron chi connectivity index (χ1n) is 9.72. The molecule has 1 fully saturated rings. The van der Waals surface area contributed by atoms with Gasteiger partial charge in [0.25, 0.3) is 0 Å². The smallest absolute Gasteiger partial charge is 0.106 e. The fourth-order valence-electron chi connectivity index (χ4n) is 3.35. The molecule has 2 aromatic carbocycles. The van der Waals surface area contributed by atoms with E-state index < -0.39 is 0 Å². The zero-order valence-corrected chi connectivity index (χ0v) is 15.5. The molecule has 0 bridgehead atoms. The van der Waals surface area contributed by atoms with Crippen LogP contribution in [0.4, 0.5) is 0 Å². The minimum absolute atomic E-state index is 0.0685. The summed E-state index contributed by atoms with van der Waals surface area (Å²) < 4.78 is 12.1. The van der Waals surface area contributed by atoms with E-state index in [1.54, 1.807) is 0 Å². The summed E-state index contributed by atoms with van der Waals surface area (Å²) in [6.07, 6.45) is 6.32. The summed E-state index contributed by atoms with van der Waals surface area (Å²) in [4.78, 5) is 0. The van der Waals surface area contributed by atoms with Gasteiger partial charge in [-0.05, 0) is 35.1 Å². The summed E-state index contributed by atoms with van der Waals surface area (Å²) in [5.74, 6) is 0. The molecule has 0 aliphatic carbocycles. The lowest BCUT2D eigenvalue weighted by Crippen LogP contribution is -2.31. The summed E-state index contributed by atoms with van der Waals surface area (Å²) >= 11 is 0. The van der Waals surface area contributed by atoms with Crippen molar-refractivity contribution >= 4 is 0 Å². The Hall–Kier alpha value is -1.64.